The van der Waals surface area contributed by atoms with Gasteiger partial charge in [-0.15, -0.1) is 6.58 Å². The normalized spacial score (nSPS) is 13.9. The molecule has 0 N–H and O–H groups in total. The molecular formula is C24H35NO3SSi. The van der Waals surface area contributed by atoms with Crippen LogP contribution in [0, 0.1) is 0 Å². The summed E-state index contributed by atoms with van der Waals surface area (Å²) in [5.74, 6) is 0. The van der Waals surface area contributed by atoms with Gasteiger partial charge in [-0.25, -0.2) is 8.42 Å². The molecule has 2 rings (SSSR count). The fourth-order valence-corrected chi connectivity index (χ4v) is 5.56. The van der Waals surface area contributed by atoms with Gasteiger partial charge in [0.15, 0.2) is 8.32 Å². The lowest BCUT2D eigenvalue weighted by Gasteiger charge is -2.39. The highest BCUT2D eigenvalue weighted by molar-refractivity contribution is 7.89. The molecule has 164 valence electrons. The minimum Gasteiger partial charge on any atom is -0.415 e. The van der Waals surface area contributed by atoms with Crippen molar-refractivity contribution in [1.82, 2.24) is 4.31 Å². The van der Waals surface area contributed by atoms with Gasteiger partial charge in [0.05, 0.1) is 17.5 Å². The van der Waals surface area contributed by atoms with Crippen LogP contribution in [0.4, 0.5) is 0 Å². The maximum Gasteiger partial charge on any atom is 0.243 e. The predicted octanol–water partition coefficient (Wildman–Crippen LogP) is 6.02. The highest BCUT2D eigenvalue weighted by atomic mass is 32.2. The Bertz CT molecular complexity index is 906. The molecule has 0 aliphatic heterocycles. The highest BCUT2D eigenvalue weighted by Crippen LogP contribution is 2.38. The fourth-order valence-electron chi connectivity index (χ4n) is 2.91. The van der Waals surface area contributed by atoms with Crippen LogP contribution in [0.15, 0.2) is 78.2 Å². The molecule has 0 unspecified atom stereocenters. The third-order valence-electron chi connectivity index (χ3n) is 5.84. The summed E-state index contributed by atoms with van der Waals surface area (Å²) in [6.45, 7) is 15.4. The SMILES string of the molecule is C=CCCN([C@@H](CO[Si](C)(C)C(C)(C)C)c1ccccc1)S(=O)(=O)c1ccccc1. The van der Waals surface area contributed by atoms with Crippen LogP contribution in [0.5, 0.6) is 0 Å². The van der Waals surface area contributed by atoms with Gasteiger partial charge in [-0.05, 0) is 42.2 Å². The Morgan fingerprint density at radius 3 is 2.07 bits per heavy atom. The van der Waals surface area contributed by atoms with Crippen molar-refractivity contribution in [1.29, 1.82) is 0 Å². The van der Waals surface area contributed by atoms with Gasteiger partial charge in [0.2, 0.25) is 10.0 Å². The minimum atomic E-state index is -3.70. The summed E-state index contributed by atoms with van der Waals surface area (Å²) in [7, 11) is -5.76. The molecule has 0 aliphatic carbocycles. The standard InChI is InChI=1S/C24H35NO3SSi/c1-7-8-19-25(29(26,27)22-17-13-10-14-18-22)23(21-15-11-9-12-16-21)20-28-30(5,6)24(2,3)4/h7,9-18,23H,1,8,19-20H2,2-6H3/t23-/m0/s1. The van der Waals surface area contributed by atoms with Crippen LogP contribution in [-0.4, -0.2) is 34.2 Å². The molecule has 0 heterocycles. The van der Waals surface area contributed by atoms with E-state index in [-0.39, 0.29) is 5.04 Å². The molecule has 0 fully saturated rings. The second-order valence-corrected chi connectivity index (χ2v) is 15.7. The minimum absolute atomic E-state index is 0.0402. The van der Waals surface area contributed by atoms with Crippen molar-refractivity contribution in [3.8, 4) is 0 Å². The summed E-state index contributed by atoms with van der Waals surface area (Å²) >= 11 is 0. The molecule has 0 aromatic heterocycles. The van der Waals surface area contributed by atoms with Gasteiger partial charge in [-0.3, -0.25) is 0 Å². The van der Waals surface area contributed by atoms with E-state index in [0.717, 1.165) is 5.56 Å². The van der Waals surface area contributed by atoms with Crippen LogP contribution < -0.4 is 0 Å². The Hall–Kier alpha value is -1.73. The average molecular weight is 446 g/mol. The summed E-state index contributed by atoms with van der Waals surface area (Å²) in [5.41, 5.74) is 0.930. The molecule has 0 amide bonds. The molecule has 0 spiro atoms. The van der Waals surface area contributed by atoms with Crippen LogP contribution in [0.2, 0.25) is 18.1 Å². The van der Waals surface area contributed by atoms with E-state index in [1.807, 2.05) is 36.4 Å². The first-order valence-electron chi connectivity index (χ1n) is 10.4. The predicted molar refractivity (Wildman–Crippen MR) is 127 cm³/mol. The van der Waals surface area contributed by atoms with E-state index in [1.54, 1.807) is 34.6 Å². The van der Waals surface area contributed by atoms with Gasteiger partial charge >= 0.3 is 0 Å². The first-order valence-corrected chi connectivity index (χ1v) is 14.7. The lowest BCUT2D eigenvalue weighted by atomic mass is 10.1. The second-order valence-electron chi connectivity index (χ2n) is 9.00. The lowest BCUT2D eigenvalue weighted by molar-refractivity contribution is 0.192. The average Bonchev–Trinajstić information content (AvgIpc) is 2.70. The van der Waals surface area contributed by atoms with Gasteiger partial charge in [0.25, 0.3) is 0 Å². The molecule has 0 saturated carbocycles. The molecule has 30 heavy (non-hydrogen) atoms. The summed E-state index contributed by atoms with van der Waals surface area (Å²) in [4.78, 5) is 0.294. The van der Waals surface area contributed by atoms with Crippen molar-refractivity contribution in [2.75, 3.05) is 13.2 Å². The quantitative estimate of drug-likeness (QED) is 0.332. The lowest BCUT2D eigenvalue weighted by Crippen LogP contribution is -2.45. The number of nitrogens with zero attached hydrogens (tertiary/aromatic N) is 1. The molecule has 0 bridgehead atoms. The molecule has 0 saturated heterocycles. The first-order chi connectivity index (χ1) is 14.0. The molecular weight excluding hydrogens is 410 g/mol. The zero-order valence-corrected chi connectivity index (χ0v) is 20.7. The number of rotatable bonds is 10. The van der Waals surface area contributed by atoms with E-state index in [4.69, 9.17) is 4.43 Å². The van der Waals surface area contributed by atoms with Crippen molar-refractivity contribution in [2.24, 2.45) is 0 Å². The highest BCUT2D eigenvalue weighted by Gasteiger charge is 2.39. The van der Waals surface area contributed by atoms with E-state index in [2.05, 4.69) is 40.4 Å². The summed E-state index contributed by atoms with van der Waals surface area (Å²) in [6.07, 6.45) is 2.32. The van der Waals surface area contributed by atoms with E-state index in [9.17, 15) is 8.42 Å². The summed E-state index contributed by atoms with van der Waals surface area (Å²) < 4.78 is 35.3. The number of hydrogen-bond donors (Lipinski definition) is 0. The monoisotopic (exact) mass is 445 g/mol. The van der Waals surface area contributed by atoms with Gasteiger partial charge < -0.3 is 4.43 Å². The topological polar surface area (TPSA) is 46.6 Å². The zero-order valence-electron chi connectivity index (χ0n) is 18.8. The third kappa shape index (κ3) is 5.91. The van der Waals surface area contributed by atoms with Crippen LogP contribution >= 0.6 is 0 Å². The smallest absolute Gasteiger partial charge is 0.243 e. The van der Waals surface area contributed by atoms with Crippen molar-refractivity contribution in [3.05, 3.63) is 78.9 Å². The second kappa shape index (κ2) is 10.0. The maximum atomic E-state index is 13.6. The molecule has 2 aromatic rings. The van der Waals surface area contributed by atoms with Crippen LogP contribution in [0.25, 0.3) is 0 Å². The van der Waals surface area contributed by atoms with Gasteiger partial charge in [0.1, 0.15) is 0 Å². The largest absolute Gasteiger partial charge is 0.415 e. The van der Waals surface area contributed by atoms with Gasteiger partial charge in [-0.2, -0.15) is 4.31 Å². The number of sulfonamides is 1. The van der Waals surface area contributed by atoms with Crippen LogP contribution in [0.1, 0.15) is 38.8 Å². The molecule has 0 radical (unpaired) electrons. The first kappa shape index (κ1) is 24.5. The van der Waals surface area contributed by atoms with Crippen molar-refractivity contribution >= 4 is 18.3 Å². The number of benzene rings is 2. The van der Waals surface area contributed by atoms with E-state index < -0.39 is 24.4 Å². The summed E-state index contributed by atoms with van der Waals surface area (Å²) in [6, 6.07) is 18.0. The third-order valence-corrected chi connectivity index (χ3v) is 12.3. The molecule has 2 aromatic carbocycles. The Kier molecular flexibility index (Phi) is 8.22. The van der Waals surface area contributed by atoms with Gasteiger partial charge in [-0.1, -0.05) is 75.4 Å². The Labute approximate surface area is 183 Å². The zero-order chi connectivity index (χ0) is 22.4. The van der Waals surface area contributed by atoms with Crippen molar-refractivity contribution < 1.29 is 12.8 Å². The van der Waals surface area contributed by atoms with Gasteiger partial charge in [0, 0.05) is 6.54 Å². The van der Waals surface area contributed by atoms with Crippen molar-refractivity contribution in [3.63, 3.8) is 0 Å². The van der Waals surface area contributed by atoms with Crippen LogP contribution in [-0.2, 0) is 14.4 Å². The molecule has 4 nitrogen and oxygen atoms in total. The van der Waals surface area contributed by atoms with Crippen molar-refractivity contribution in [2.45, 2.75) is 56.3 Å². The Balaban J connectivity index is 2.49. The summed E-state index contributed by atoms with van der Waals surface area (Å²) in [5, 5.41) is 0.0402. The van der Waals surface area contributed by atoms with E-state index >= 15 is 0 Å². The van der Waals surface area contributed by atoms with Crippen LogP contribution in [0.3, 0.4) is 0 Å². The van der Waals surface area contributed by atoms with E-state index in [1.165, 1.54) is 0 Å². The molecule has 6 heteroatoms. The molecule has 1 atom stereocenters. The Morgan fingerprint density at radius 2 is 1.57 bits per heavy atom. The Morgan fingerprint density at radius 1 is 1.03 bits per heavy atom. The number of hydrogen-bond acceptors (Lipinski definition) is 3. The van der Waals surface area contributed by atoms with E-state index in [0.29, 0.717) is 24.5 Å². The maximum absolute atomic E-state index is 13.6. The fraction of sp³-hybridized carbons (Fsp3) is 0.417. The molecule has 0 aliphatic rings.